The first-order valence-electron chi connectivity index (χ1n) is 7.86. The Morgan fingerprint density at radius 2 is 1.92 bits per heavy atom. The highest BCUT2D eigenvalue weighted by atomic mass is 19.1. The number of aromatic nitrogens is 1. The molecule has 0 radical (unpaired) electrons. The van der Waals surface area contributed by atoms with Crippen LogP contribution in [0.4, 0.5) is 4.39 Å². The summed E-state index contributed by atoms with van der Waals surface area (Å²) in [4.78, 5) is 28.3. The van der Waals surface area contributed by atoms with Gasteiger partial charge in [0.2, 0.25) is 0 Å². The quantitative estimate of drug-likeness (QED) is 0.669. The summed E-state index contributed by atoms with van der Waals surface area (Å²) in [5, 5.41) is 19.7. The molecule has 3 aromatic rings. The van der Waals surface area contributed by atoms with Gasteiger partial charge in [0.1, 0.15) is 17.3 Å². The average Bonchev–Trinajstić information content (AvgIpc) is 3.04. The smallest absolute Gasteiger partial charge is 0.331 e. The van der Waals surface area contributed by atoms with Gasteiger partial charge in [0, 0.05) is 12.4 Å². The molecule has 1 atom stereocenters. The maximum absolute atomic E-state index is 14.0. The van der Waals surface area contributed by atoms with Crippen LogP contribution in [-0.4, -0.2) is 39.0 Å². The fourth-order valence-corrected chi connectivity index (χ4v) is 2.97. The summed E-state index contributed by atoms with van der Waals surface area (Å²) in [6, 6.07) is 8.83. The largest absolute Gasteiger partial charge is 0.508 e. The number of hydrogen-bond donors (Lipinski definition) is 3. The summed E-state index contributed by atoms with van der Waals surface area (Å²) >= 11 is 0. The number of carboxylic acid groups (broad SMARTS) is 1. The minimum atomic E-state index is -1.30. The van der Waals surface area contributed by atoms with Crippen molar-refractivity contribution < 1.29 is 24.2 Å². The minimum Gasteiger partial charge on any atom is -0.508 e. The molecule has 0 saturated carbocycles. The lowest BCUT2D eigenvalue weighted by molar-refractivity contribution is -0.142. The zero-order chi connectivity index (χ0) is 19.0. The van der Waals surface area contributed by atoms with Crippen molar-refractivity contribution in [2.45, 2.75) is 13.0 Å². The number of aromatic amines is 1. The van der Waals surface area contributed by atoms with Crippen LogP contribution in [0.5, 0.6) is 5.75 Å². The molecule has 2 aromatic carbocycles. The molecule has 1 heterocycles. The highest BCUT2D eigenvalue weighted by Gasteiger charge is 2.30. The number of likely N-dealkylation sites (N-methyl/N-ethyl adjacent to an activating group) is 1. The Balaban J connectivity index is 2.01. The maximum Gasteiger partial charge on any atom is 0.331 e. The number of nitrogens with zero attached hydrogens (tertiary/aromatic N) is 1. The molecule has 134 valence electrons. The van der Waals surface area contributed by atoms with Crippen LogP contribution in [0, 0.1) is 12.7 Å². The Hall–Kier alpha value is -3.35. The third-order valence-electron chi connectivity index (χ3n) is 4.32. The molecular formula is C19H17FN2O4. The second kappa shape index (κ2) is 6.51. The predicted molar refractivity (Wildman–Crippen MR) is 93.6 cm³/mol. The highest BCUT2D eigenvalue weighted by molar-refractivity contribution is 6.00. The molecule has 26 heavy (non-hydrogen) atoms. The van der Waals surface area contributed by atoms with Gasteiger partial charge in [-0.3, -0.25) is 4.79 Å². The highest BCUT2D eigenvalue weighted by Crippen LogP contribution is 2.27. The van der Waals surface area contributed by atoms with Crippen molar-refractivity contribution in [2.24, 2.45) is 0 Å². The van der Waals surface area contributed by atoms with Gasteiger partial charge >= 0.3 is 5.97 Å². The molecule has 0 fully saturated rings. The monoisotopic (exact) mass is 356 g/mol. The fraction of sp³-hybridized carbons (Fsp3) is 0.158. The predicted octanol–water partition coefficient (Wildman–Crippen LogP) is 3.22. The number of aliphatic carboxylic acids is 1. The maximum atomic E-state index is 14.0. The zero-order valence-electron chi connectivity index (χ0n) is 14.2. The lowest BCUT2D eigenvalue weighted by atomic mass is 10.0. The van der Waals surface area contributed by atoms with Crippen LogP contribution in [0.3, 0.4) is 0 Å². The molecule has 1 unspecified atom stereocenters. The summed E-state index contributed by atoms with van der Waals surface area (Å²) in [5.74, 6) is -2.44. The summed E-state index contributed by atoms with van der Waals surface area (Å²) < 4.78 is 14.0. The molecule has 0 spiro atoms. The number of fused-ring (bicyclic) bond motifs is 1. The summed E-state index contributed by atoms with van der Waals surface area (Å²) in [6.45, 7) is 1.79. The van der Waals surface area contributed by atoms with Gasteiger partial charge in [-0.1, -0.05) is 18.2 Å². The lowest BCUT2D eigenvalue weighted by Crippen LogP contribution is -2.36. The van der Waals surface area contributed by atoms with Crippen molar-refractivity contribution in [3.05, 3.63) is 65.1 Å². The number of aromatic hydroxyl groups is 1. The van der Waals surface area contributed by atoms with Crippen LogP contribution in [0.1, 0.15) is 27.7 Å². The SMILES string of the molecule is Cc1ccc(F)c2[nH]c(C(=O)N(C)C(C(=O)O)c3cccc(O)c3)cc12. The number of H-pyrrole nitrogens is 1. The molecule has 0 aliphatic heterocycles. The Bertz CT molecular complexity index is 973. The number of carbonyl (C=O) groups is 2. The second-order valence-electron chi connectivity index (χ2n) is 6.09. The number of carbonyl (C=O) groups excluding carboxylic acids is 1. The molecule has 0 bridgehead atoms. The number of nitrogens with one attached hydrogen (secondary N) is 1. The molecule has 6 nitrogen and oxygen atoms in total. The normalized spacial score (nSPS) is 12.1. The van der Waals surface area contributed by atoms with Crippen molar-refractivity contribution in [1.82, 2.24) is 9.88 Å². The van der Waals surface area contributed by atoms with Crippen molar-refractivity contribution >= 4 is 22.8 Å². The van der Waals surface area contributed by atoms with Gasteiger partial charge < -0.3 is 20.1 Å². The Kier molecular flexibility index (Phi) is 4.38. The molecule has 1 aromatic heterocycles. The van der Waals surface area contributed by atoms with Gasteiger partial charge in [0.15, 0.2) is 6.04 Å². The molecule has 0 aliphatic carbocycles. The number of halogens is 1. The van der Waals surface area contributed by atoms with E-state index in [1.807, 2.05) is 0 Å². The standard InChI is InChI=1S/C19H17FN2O4/c1-10-6-7-14(20)16-13(10)9-15(21-16)18(24)22(2)17(19(25)26)11-4-3-5-12(23)8-11/h3-9,17,21,23H,1-2H3,(H,25,26). The minimum absolute atomic E-state index is 0.0853. The number of amides is 1. The fourth-order valence-electron chi connectivity index (χ4n) is 2.97. The number of hydrogen-bond acceptors (Lipinski definition) is 3. The van der Waals surface area contributed by atoms with E-state index in [-0.39, 0.29) is 22.5 Å². The van der Waals surface area contributed by atoms with E-state index in [9.17, 15) is 24.2 Å². The van der Waals surface area contributed by atoms with Crippen molar-refractivity contribution in [3.63, 3.8) is 0 Å². The molecule has 3 rings (SSSR count). The Morgan fingerprint density at radius 3 is 2.54 bits per heavy atom. The van der Waals surface area contributed by atoms with Crippen LogP contribution >= 0.6 is 0 Å². The van der Waals surface area contributed by atoms with E-state index in [0.717, 1.165) is 10.5 Å². The van der Waals surface area contributed by atoms with Crippen LogP contribution in [0.15, 0.2) is 42.5 Å². The zero-order valence-corrected chi connectivity index (χ0v) is 14.2. The van der Waals surface area contributed by atoms with Gasteiger partial charge in [-0.2, -0.15) is 0 Å². The van der Waals surface area contributed by atoms with Crippen molar-refractivity contribution in [3.8, 4) is 5.75 Å². The first-order chi connectivity index (χ1) is 12.3. The van der Waals surface area contributed by atoms with E-state index in [2.05, 4.69) is 4.98 Å². The summed E-state index contributed by atoms with van der Waals surface area (Å²) in [5.41, 5.74) is 1.34. The molecule has 3 N–H and O–H groups in total. The van der Waals surface area contributed by atoms with E-state index >= 15 is 0 Å². The molecule has 0 aliphatic rings. The van der Waals surface area contributed by atoms with Gasteiger partial charge in [-0.15, -0.1) is 0 Å². The molecule has 1 amide bonds. The Labute approximate surface area is 148 Å². The van der Waals surface area contributed by atoms with E-state index in [4.69, 9.17) is 0 Å². The van der Waals surface area contributed by atoms with Crippen LogP contribution < -0.4 is 0 Å². The van der Waals surface area contributed by atoms with Crippen molar-refractivity contribution in [2.75, 3.05) is 7.05 Å². The number of phenols is 1. The van der Waals surface area contributed by atoms with Crippen molar-refractivity contribution in [1.29, 1.82) is 0 Å². The number of phenolic OH excluding ortho intramolecular Hbond substituents is 1. The molecule has 7 heteroatoms. The van der Waals surface area contributed by atoms with E-state index in [0.29, 0.717) is 5.39 Å². The summed E-state index contributed by atoms with van der Waals surface area (Å²) in [6.07, 6.45) is 0. The second-order valence-corrected chi connectivity index (χ2v) is 6.09. The third kappa shape index (κ3) is 2.99. The first-order valence-corrected chi connectivity index (χ1v) is 7.86. The summed E-state index contributed by atoms with van der Waals surface area (Å²) in [7, 11) is 1.35. The van der Waals surface area contributed by atoms with Crippen LogP contribution in [0.25, 0.3) is 10.9 Å². The Morgan fingerprint density at radius 1 is 1.19 bits per heavy atom. The van der Waals surface area contributed by atoms with Crippen LogP contribution in [-0.2, 0) is 4.79 Å². The molecule has 0 saturated heterocycles. The lowest BCUT2D eigenvalue weighted by Gasteiger charge is -2.24. The van der Waals surface area contributed by atoms with E-state index < -0.39 is 23.7 Å². The van der Waals surface area contributed by atoms with Gasteiger partial charge in [-0.05, 0) is 42.3 Å². The van der Waals surface area contributed by atoms with Gasteiger partial charge in [0.05, 0.1) is 5.52 Å². The topological polar surface area (TPSA) is 93.6 Å². The van der Waals surface area contributed by atoms with Gasteiger partial charge in [-0.25, -0.2) is 9.18 Å². The first kappa shape index (κ1) is 17.5. The van der Waals surface area contributed by atoms with Gasteiger partial charge in [0.25, 0.3) is 5.91 Å². The third-order valence-corrected chi connectivity index (χ3v) is 4.32. The average molecular weight is 356 g/mol. The number of benzene rings is 2. The molecular weight excluding hydrogens is 339 g/mol. The van der Waals surface area contributed by atoms with E-state index in [1.165, 1.54) is 43.4 Å². The van der Waals surface area contributed by atoms with Crippen LogP contribution in [0.2, 0.25) is 0 Å². The number of carboxylic acids is 1. The number of rotatable bonds is 4. The van der Waals surface area contributed by atoms with E-state index in [1.54, 1.807) is 13.0 Å². The number of aryl methyl sites for hydroxylation is 1.